The summed E-state index contributed by atoms with van der Waals surface area (Å²) < 4.78 is 40.1. The molecule has 2 rings (SSSR count). The van der Waals surface area contributed by atoms with Crippen molar-refractivity contribution in [3.63, 3.8) is 0 Å². The first-order valence-corrected chi connectivity index (χ1v) is 7.12. The highest BCUT2D eigenvalue weighted by molar-refractivity contribution is 5.89. The molecule has 22 heavy (non-hydrogen) atoms. The molecule has 0 aliphatic heterocycles. The van der Waals surface area contributed by atoms with E-state index in [1.165, 1.54) is 0 Å². The van der Waals surface area contributed by atoms with Crippen LogP contribution >= 0.6 is 0 Å². The van der Waals surface area contributed by atoms with Crippen LogP contribution < -0.4 is 10.6 Å². The molecular weight excluding hydrogens is 297 g/mol. The van der Waals surface area contributed by atoms with Gasteiger partial charge in [0.05, 0.1) is 6.10 Å². The molecule has 1 aliphatic rings. The third kappa shape index (κ3) is 3.71. The number of aryl methyl sites for hydroxylation is 1. The normalized spacial score (nSPS) is 25.6. The van der Waals surface area contributed by atoms with Crippen molar-refractivity contribution in [2.75, 3.05) is 5.32 Å². The number of nitrogens with one attached hydrogen (secondary N) is 2. The molecule has 1 aromatic rings. The number of amides is 2. The van der Waals surface area contributed by atoms with Gasteiger partial charge in [0.2, 0.25) is 0 Å². The van der Waals surface area contributed by atoms with Crippen molar-refractivity contribution in [2.45, 2.75) is 50.4 Å². The van der Waals surface area contributed by atoms with E-state index in [0.29, 0.717) is 5.69 Å². The summed E-state index contributed by atoms with van der Waals surface area (Å²) >= 11 is 0. The van der Waals surface area contributed by atoms with Crippen LogP contribution in [0.25, 0.3) is 0 Å². The molecule has 0 bridgehead atoms. The summed E-state index contributed by atoms with van der Waals surface area (Å²) in [4.78, 5) is 11.9. The Bertz CT molecular complexity index is 521. The molecule has 1 aromatic carbocycles. The molecule has 1 saturated carbocycles. The fourth-order valence-electron chi connectivity index (χ4n) is 2.59. The summed E-state index contributed by atoms with van der Waals surface area (Å²) in [5.74, 6) is 0. The third-order valence-electron chi connectivity index (χ3n) is 4.01. The minimum absolute atomic E-state index is 0.0182. The van der Waals surface area contributed by atoms with Crippen LogP contribution in [-0.4, -0.2) is 29.0 Å². The van der Waals surface area contributed by atoms with Crippen LogP contribution in [0, 0.1) is 6.92 Å². The second-order valence-corrected chi connectivity index (χ2v) is 5.76. The van der Waals surface area contributed by atoms with E-state index in [9.17, 15) is 23.1 Å². The lowest BCUT2D eigenvalue weighted by atomic mass is 9.80. The molecule has 0 atom stereocenters. The van der Waals surface area contributed by atoms with Gasteiger partial charge in [-0.15, -0.1) is 0 Å². The van der Waals surface area contributed by atoms with E-state index in [-0.39, 0.29) is 25.7 Å². The fraction of sp³-hybridized carbons (Fsp3) is 0.533. The number of aliphatic hydroxyl groups excluding tert-OH is 1. The number of hydrogen-bond donors (Lipinski definition) is 3. The summed E-state index contributed by atoms with van der Waals surface area (Å²) in [5, 5.41) is 13.9. The highest BCUT2D eigenvalue weighted by atomic mass is 19.4. The van der Waals surface area contributed by atoms with Crippen molar-refractivity contribution in [3.05, 3.63) is 29.8 Å². The first-order chi connectivity index (χ1) is 10.2. The number of halogens is 3. The van der Waals surface area contributed by atoms with Crippen LogP contribution in [0.5, 0.6) is 0 Å². The Labute approximate surface area is 126 Å². The van der Waals surface area contributed by atoms with E-state index in [1.807, 2.05) is 6.92 Å². The number of carbonyl (C=O) groups excluding carboxylic acids is 1. The van der Waals surface area contributed by atoms with Gasteiger partial charge in [-0.25, -0.2) is 4.79 Å². The standard InChI is InChI=1S/C15H19F3N2O2/c1-10-2-4-11(5-3-10)19-13(22)20-14(15(16,17)18)8-6-12(21)7-9-14/h2-5,12,21H,6-9H2,1H3,(H2,19,20,22). The molecule has 0 heterocycles. The topological polar surface area (TPSA) is 61.4 Å². The van der Waals surface area contributed by atoms with E-state index in [4.69, 9.17) is 0 Å². The van der Waals surface area contributed by atoms with Gasteiger partial charge in [0, 0.05) is 5.69 Å². The van der Waals surface area contributed by atoms with Crippen molar-refractivity contribution in [1.82, 2.24) is 5.32 Å². The van der Waals surface area contributed by atoms with Crippen LogP contribution in [0.2, 0.25) is 0 Å². The molecule has 0 unspecified atom stereocenters. The number of alkyl halides is 3. The Morgan fingerprint density at radius 3 is 2.27 bits per heavy atom. The number of rotatable bonds is 2. The highest BCUT2D eigenvalue weighted by Gasteiger charge is 2.56. The first kappa shape index (κ1) is 16.6. The summed E-state index contributed by atoms with van der Waals surface area (Å²) in [5.41, 5.74) is -0.865. The zero-order valence-corrected chi connectivity index (χ0v) is 12.2. The first-order valence-electron chi connectivity index (χ1n) is 7.12. The summed E-state index contributed by atoms with van der Waals surface area (Å²) in [6.07, 6.45) is -5.90. The van der Waals surface area contributed by atoms with E-state index in [2.05, 4.69) is 10.6 Å². The van der Waals surface area contributed by atoms with Crippen molar-refractivity contribution < 1.29 is 23.1 Å². The number of anilines is 1. The maximum atomic E-state index is 13.4. The molecule has 7 heteroatoms. The molecule has 0 radical (unpaired) electrons. The van der Waals surface area contributed by atoms with Crippen LogP contribution in [0.3, 0.4) is 0 Å². The zero-order valence-electron chi connectivity index (χ0n) is 12.2. The van der Waals surface area contributed by atoms with E-state index >= 15 is 0 Å². The second kappa shape index (κ2) is 6.16. The summed E-state index contributed by atoms with van der Waals surface area (Å²) in [7, 11) is 0. The number of carbonyl (C=O) groups is 1. The van der Waals surface area contributed by atoms with Crippen molar-refractivity contribution in [3.8, 4) is 0 Å². The van der Waals surface area contributed by atoms with E-state index in [0.717, 1.165) is 5.56 Å². The van der Waals surface area contributed by atoms with Crippen LogP contribution in [0.4, 0.5) is 23.7 Å². The van der Waals surface area contributed by atoms with Crippen molar-refractivity contribution in [2.24, 2.45) is 0 Å². The molecule has 1 aliphatic carbocycles. The monoisotopic (exact) mass is 316 g/mol. The average Bonchev–Trinajstić information content (AvgIpc) is 2.43. The summed E-state index contributed by atoms with van der Waals surface area (Å²) in [6.45, 7) is 1.87. The molecule has 0 aromatic heterocycles. The predicted molar refractivity (Wildman–Crippen MR) is 76.6 cm³/mol. The molecule has 0 saturated heterocycles. The van der Waals surface area contributed by atoms with Crippen molar-refractivity contribution in [1.29, 1.82) is 0 Å². The molecular formula is C15H19F3N2O2. The van der Waals surface area contributed by atoms with Gasteiger partial charge < -0.3 is 15.7 Å². The number of aliphatic hydroxyl groups is 1. The minimum Gasteiger partial charge on any atom is -0.393 e. The van der Waals surface area contributed by atoms with Gasteiger partial charge in [0.1, 0.15) is 5.54 Å². The van der Waals surface area contributed by atoms with Gasteiger partial charge in [0.15, 0.2) is 0 Å². The predicted octanol–water partition coefficient (Wildman–Crippen LogP) is 3.35. The number of hydrogen-bond acceptors (Lipinski definition) is 2. The van der Waals surface area contributed by atoms with Gasteiger partial charge in [-0.3, -0.25) is 0 Å². The molecule has 0 spiro atoms. The Morgan fingerprint density at radius 2 is 1.77 bits per heavy atom. The molecule has 122 valence electrons. The van der Waals surface area contributed by atoms with Crippen LogP contribution in [-0.2, 0) is 0 Å². The Morgan fingerprint density at radius 1 is 1.23 bits per heavy atom. The third-order valence-corrected chi connectivity index (χ3v) is 4.01. The smallest absolute Gasteiger partial charge is 0.393 e. The minimum atomic E-state index is -4.56. The fourth-order valence-corrected chi connectivity index (χ4v) is 2.59. The van der Waals surface area contributed by atoms with Gasteiger partial charge in [-0.1, -0.05) is 17.7 Å². The number of benzene rings is 1. The lowest BCUT2D eigenvalue weighted by Crippen LogP contribution is -2.61. The quantitative estimate of drug-likeness (QED) is 0.783. The van der Waals surface area contributed by atoms with Gasteiger partial charge >= 0.3 is 12.2 Å². The molecule has 4 nitrogen and oxygen atoms in total. The van der Waals surface area contributed by atoms with Crippen molar-refractivity contribution >= 4 is 11.7 Å². The Hall–Kier alpha value is -1.76. The second-order valence-electron chi connectivity index (χ2n) is 5.76. The average molecular weight is 316 g/mol. The maximum absolute atomic E-state index is 13.4. The van der Waals surface area contributed by atoms with Crippen LogP contribution in [0.1, 0.15) is 31.2 Å². The van der Waals surface area contributed by atoms with E-state index in [1.54, 1.807) is 24.3 Å². The molecule has 2 amide bonds. The van der Waals surface area contributed by atoms with Crippen LogP contribution in [0.15, 0.2) is 24.3 Å². The lowest BCUT2D eigenvalue weighted by Gasteiger charge is -2.40. The van der Waals surface area contributed by atoms with Gasteiger partial charge in [0.25, 0.3) is 0 Å². The summed E-state index contributed by atoms with van der Waals surface area (Å²) in [6, 6.07) is 5.87. The molecule has 1 fully saturated rings. The molecule has 3 N–H and O–H groups in total. The van der Waals surface area contributed by atoms with Gasteiger partial charge in [-0.2, -0.15) is 13.2 Å². The Kier molecular flexibility index (Phi) is 4.65. The Balaban J connectivity index is 2.07. The van der Waals surface area contributed by atoms with Gasteiger partial charge in [-0.05, 0) is 44.7 Å². The lowest BCUT2D eigenvalue weighted by molar-refractivity contribution is -0.205. The van der Waals surface area contributed by atoms with E-state index < -0.39 is 23.9 Å². The highest BCUT2D eigenvalue weighted by Crippen LogP contribution is 2.41. The zero-order chi connectivity index (χ0) is 16.4. The largest absolute Gasteiger partial charge is 0.411 e. The number of urea groups is 1. The SMILES string of the molecule is Cc1ccc(NC(=O)NC2(C(F)(F)F)CCC(O)CC2)cc1. The maximum Gasteiger partial charge on any atom is 0.411 e.